The van der Waals surface area contributed by atoms with E-state index in [1.807, 2.05) is 0 Å². The summed E-state index contributed by atoms with van der Waals surface area (Å²) in [6.07, 6.45) is 0.927. The largest absolute Gasteiger partial charge is 0.236 e. The molecule has 0 spiro atoms. The second kappa shape index (κ2) is 3.37. The van der Waals surface area contributed by atoms with Crippen molar-refractivity contribution < 1.29 is 9.78 Å². The Morgan fingerprint density at radius 1 is 1.29 bits per heavy atom. The van der Waals surface area contributed by atoms with Crippen LogP contribution < -0.4 is 0 Å². The lowest BCUT2D eigenvalue weighted by molar-refractivity contribution is -0.308. The van der Waals surface area contributed by atoms with Crippen molar-refractivity contribution in [3.8, 4) is 0 Å². The summed E-state index contributed by atoms with van der Waals surface area (Å²) in [5, 5.41) is 0. The van der Waals surface area contributed by atoms with Crippen LogP contribution in [0.2, 0.25) is 0 Å². The summed E-state index contributed by atoms with van der Waals surface area (Å²) in [6, 6.07) is 6.44. The molecule has 1 aliphatic heterocycles. The van der Waals surface area contributed by atoms with Gasteiger partial charge in [0.25, 0.3) is 0 Å². The summed E-state index contributed by atoms with van der Waals surface area (Å²) in [5.41, 5.74) is 3.55. The Morgan fingerprint density at radius 3 is 2.64 bits per heavy atom. The van der Waals surface area contributed by atoms with Gasteiger partial charge in [-0.25, -0.2) is 9.78 Å². The van der Waals surface area contributed by atoms with E-state index in [0.717, 1.165) is 6.42 Å². The van der Waals surface area contributed by atoms with Crippen LogP contribution in [0, 0.1) is 13.8 Å². The molecule has 0 bridgehead atoms. The van der Waals surface area contributed by atoms with Crippen molar-refractivity contribution in [1.82, 2.24) is 0 Å². The molecular weight excluding hydrogens is 176 g/mol. The third kappa shape index (κ3) is 1.56. The molecule has 1 aliphatic rings. The predicted molar refractivity (Wildman–Crippen MR) is 54.9 cm³/mol. The second-order valence-corrected chi connectivity index (χ2v) is 4.20. The highest BCUT2D eigenvalue weighted by molar-refractivity contribution is 5.34. The van der Waals surface area contributed by atoms with E-state index in [4.69, 9.17) is 9.78 Å². The van der Waals surface area contributed by atoms with Crippen LogP contribution in [0.25, 0.3) is 0 Å². The van der Waals surface area contributed by atoms with Gasteiger partial charge in [-0.05, 0) is 31.9 Å². The summed E-state index contributed by atoms with van der Waals surface area (Å²) >= 11 is 0. The van der Waals surface area contributed by atoms with Crippen molar-refractivity contribution in [2.24, 2.45) is 0 Å². The Balaban J connectivity index is 2.40. The fourth-order valence-corrected chi connectivity index (χ4v) is 2.04. The Hall–Kier alpha value is -0.860. The zero-order chi connectivity index (χ0) is 10.2. The van der Waals surface area contributed by atoms with E-state index < -0.39 is 0 Å². The molecule has 2 nitrogen and oxygen atoms in total. The average molecular weight is 192 g/mol. The van der Waals surface area contributed by atoms with Gasteiger partial charge >= 0.3 is 0 Å². The Kier molecular flexibility index (Phi) is 2.33. The lowest BCUT2D eigenvalue weighted by atomic mass is 9.89. The molecule has 2 heteroatoms. The van der Waals surface area contributed by atoms with Crippen LogP contribution in [0.5, 0.6) is 0 Å². The van der Waals surface area contributed by atoms with E-state index in [1.165, 1.54) is 16.7 Å². The quantitative estimate of drug-likeness (QED) is 0.637. The molecule has 0 radical (unpaired) electrons. The maximum Gasteiger partial charge on any atom is 0.128 e. The van der Waals surface area contributed by atoms with Gasteiger partial charge in [0, 0.05) is 6.42 Å². The maximum atomic E-state index is 5.35. The number of aryl methyl sites for hydroxylation is 2. The highest BCUT2D eigenvalue weighted by Gasteiger charge is 2.34. The minimum absolute atomic E-state index is 0.252. The van der Waals surface area contributed by atoms with Crippen LogP contribution in [0.1, 0.15) is 30.0 Å². The van der Waals surface area contributed by atoms with E-state index in [2.05, 4.69) is 39.0 Å². The van der Waals surface area contributed by atoms with Crippen molar-refractivity contribution in [2.45, 2.75) is 32.8 Å². The van der Waals surface area contributed by atoms with Gasteiger partial charge in [-0.1, -0.05) is 23.8 Å². The van der Waals surface area contributed by atoms with Gasteiger partial charge in [0.05, 0.1) is 6.61 Å². The first-order valence-electron chi connectivity index (χ1n) is 5.00. The lowest BCUT2D eigenvalue weighted by Crippen LogP contribution is -2.21. The molecule has 0 aliphatic carbocycles. The van der Waals surface area contributed by atoms with Crippen LogP contribution in [0.3, 0.4) is 0 Å². The van der Waals surface area contributed by atoms with Crippen molar-refractivity contribution >= 4 is 0 Å². The minimum Gasteiger partial charge on any atom is -0.236 e. The molecule has 1 saturated heterocycles. The number of benzene rings is 1. The molecule has 0 amide bonds. The zero-order valence-corrected chi connectivity index (χ0v) is 8.96. The van der Waals surface area contributed by atoms with Crippen LogP contribution in [-0.2, 0) is 15.4 Å². The predicted octanol–water partition coefficient (Wildman–Crippen LogP) is 2.87. The zero-order valence-electron chi connectivity index (χ0n) is 8.96. The molecule has 1 atom stereocenters. The van der Waals surface area contributed by atoms with Gasteiger partial charge in [-0.3, -0.25) is 0 Å². The first-order valence-corrected chi connectivity index (χ1v) is 5.00. The molecule has 14 heavy (non-hydrogen) atoms. The normalized spacial score (nSPS) is 26.8. The first kappa shape index (κ1) is 9.69. The van der Waals surface area contributed by atoms with Gasteiger partial charge < -0.3 is 0 Å². The van der Waals surface area contributed by atoms with Crippen molar-refractivity contribution in [3.63, 3.8) is 0 Å². The van der Waals surface area contributed by atoms with Gasteiger partial charge in [0.1, 0.15) is 5.60 Å². The monoisotopic (exact) mass is 192 g/mol. The number of hydrogen-bond acceptors (Lipinski definition) is 2. The summed E-state index contributed by atoms with van der Waals surface area (Å²) < 4.78 is 0. The molecule has 0 saturated carbocycles. The van der Waals surface area contributed by atoms with Crippen molar-refractivity contribution in [3.05, 3.63) is 34.9 Å². The van der Waals surface area contributed by atoms with Crippen molar-refractivity contribution in [2.75, 3.05) is 6.61 Å². The summed E-state index contributed by atoms with van der Waals surface area (Å²) in [5.74, 6) is 0. The van der Waals surface area contributed by atoms with Crippen LogP contribution in [0.4, 0.5) is 0 Å². The third-order valence-corrected chi connectivity index (χ3v) is 2.86. The molecule has 1 unspecified atom stereocenters. The molecule has 76 valence electrons. The van der Waals surface area contributed by atoms with Crippen LogP contribution >= 0.6 is 0 Å². The Morgan fingerprint density at radius 2 is 2.07 bits per heavy atom. The second-order valence-electron chi connectivity index (χ2n) is 4.20. The van der Waals surface area contributed by atoms with E-state index in [-0.39, 0.29) is 5.60 Å². The summed E-state index contributed by atoms with van der Waals surface area (Å²) in [7, 11) is 0. The Bertz CT molecular complexity index is 338. The SMILES string of the molecule is Cc1ccc(C2(C)CCOO2)c(C)c1. The first-order chi connectivity index (χ1) is 6.62. The summed E-state index contributed by atoms with van der Waals surface area (Å²) in [4.78, 5) is 10.3. The highest BCUT2D eigenvalue weighted by atomic mass is 17.2. The van der Waals surface area contributed by atoms with Gasteiger partial charge in [0.2, 0.25) is 0 Å². The lowest BCUT2D eigenvalue weighted by Gasteiger charge is -2.23. The van der Waals surface area contributed by atoms with E-state index in [9.17, 15) is 0 Å². The molecular formula is C12H16O2. The third-order valence-electron chi connectivity index (χ3n) is 2.86. The van der Waals surface area contributed by atoms with E-state index in [0.29, 0.717) is 6.61 Å². The van der Waals surface area contributed by atoms with E-state index >= 15 is 0 Å². The molecule has 0 aromatic heterocycles. The molecule has 1 fully saturated rings. The number of hydrogen-bond donors (Lipinski definition) is 0. The van der Waals surface area contributed by atoms with E-state index in [1.54, 1.807) is 0 Å². The average Bonchev–Trinajstić information content (AvgIpc) is 2.52. The van der Waals surface area contributed by atoms with Gasteiger partial charge in [-0.2, -0.15) is 0 Å². The fraction of sp³-hybridized carbons (Fsp3) is 0.500. The van der Waals surface area contributed by atoms with Gasteiger partial charge in [-0.15, -0.1) is 0 Å². The maximum absolute atomic E-state index is 5.35. The molecule has 1 aromatic rings. The van der Waals surface area contributed by atoms with Crippen molar-refractivity contribution in [1.29, 1.82) is 0 Å². The van der Waals surface area contributed by atoms with Gasteiger partial charge in [0.15, 0.2) is 0 Å². The standard InChI is InChI=1S/C12H16O2/c1-9-4-5-11(10(2)8-9)12(3)6-7-13-14-12/h4-5,8H,6-7H2,1-3H3. The highest BCUT2D eigenvalue weighted by Crippen LogP contribution is 2.35. The van der Waals surface area contributed by atoms with Crippen LogP contribution in [-0.4, -0.2) is 6.61 Å². The Labute approximate surface area is 84.8 Å². The van der Waals surface area contributed by atoms with Crippen LogP contribution in [0.15, 0.2) is 18.2 Å². The molecule has 2 rings (SSSR count). The molecule has 1 heterocycles. The number of rotatable bonds is 1. The topological polar surface area (TPSA) is 18.5 Å². The summed E-state index contributed by atoms with van der Waals surface area (Å²) in [6.45, 7) is 6.99. The smallest absolute Gasteiger partial charge is 0.128 e. The minimum atomic E-state index is -0.252. The molecule has 1 aromatic carbocycles. The molecule has 0 N–H and O–H groups in total. The fourth-order valence-electron chi connectivity index (χ4n) is 2.04.